The van der Waals surface area contributed by atoms with Gasteiger partial charge in [-0.3, -0.25) is 29.4 Å². The fourth-order valence-corrected chi connectivity index (χ4v) is 4.59. The van der Waals surface area contributed by atoms with Crippen molar-refractivity contribution >= 4 is 40.6 Å². The lowest BCUT2D eigenvalue weighted by atomic mass is 9.99. The zero-order chi connectivity index (χ0) is 22.8. The van der Waals surface area contributed by atoms with Crippen LogP contribution in [0, 0.1) is 16.0 Å². The number of carbonyl (C=O) groups excluding carboxylic acids is 3. The minimum Gasteiger partial charge on any atom is -0.341 e. The first-order valence-electron chi connectivity index (χ1n) is 10.3. The van der Waals surface area contributed by atoms with Crippen LogP contribution in [0.25, 0.3) is 11.8 Å². The fraction of sp³-hybridized carbons (Fsp3) is 0.318. The fourth-order valence-electron chi connectivity index (χ4n) is 3.77. The van der Waals surface area contributed by atoms with Crippen LogP contribution in [0.1, 0.15) is 25.5 Å². The molecule has 2 aliphatic rings. The Kier molecular flexibility index (Phi) is 6.13. The number of hydrogen-bond donors (Lipinski definition) is 0. The number of amides is 3. The highest BCUT2D eigenvalue weighted by molar-refractivity contribution is 8.18. The molecule has 0 radical (unpaired) electrons. The van der Waals surface area contributed by atoms with Gasteiger partial charge in [-0.15, -0.1) is 0 Å². The number of carbonyl (C=O) groups is 3. The Morgan fingerprint density at radius 1 is 1.22 bits per heavy atom. The van der Waals surface area contributed by atoms with Crippen molar-refractivity contribution in [2.45, 2.75) is 19.8 Å². The van der Waals surface area contributed by atoms with Gasteiger partial charge in [-0.1, -0.05) is 13.0 Å². The van der Waals surface area contributed by atoms with Crippen LogP contribution >= 0.6 is 11.8 Å². The number of thioether (sulfide) groups is 1. The number of piperidine rings is 1. The summed E-state index contributed by atoms with van der Waals surface area (Å²) in [5.74, 6) is -0.160. The molecular formula is C22H22N4O5S. The van der Waals surface area contributed by atoms with Crippen molar-refractivity contribution < 1.29 is 19.3 Å². The zero-order valence-corrected chi connectivity index (χ0v) is 18.3. The Labute approximate surface area is 188 Å². The Bertz CT molecular complexity index is 1120. The predicted octanol–water partition coefficient (Wildman–Crippen LogP) is 3.68. The van der Waals surface area contributed by atoms with E-state index in [0.717, 1.165) is 29.5 Å². The molecule has 0 spiro atoms. The van der Waals surface area contributed by atoms with Crippen molar-refractivity contribution in [1.82, 2.24) is 14.4 Å². The number of rotatable bonds is 5. The Hall–Kier alpha value is -3.40. The average Bonchev–Trinajstić information content (AvgIpc) is 3.34. The van der Waals surface area contributed by atoms with Crippen LogP contribution in [0.15, 0.2) is 47.5 Å². The van der Waals surface area contributed by atoms with Gasteiger partial charge >= 0.3 is 0 Å². The van der Waals surface area contributed by atoms with Crippen molar-refractivity contribution in [3.05, 3.63) is 63.3 Å². The number of imide groups is 1. The molecule has 0 saturated carbocycles. The predicted molar refractivity (Wildman–Crippen MR) is 120 cm³/mol. The van der Waals surface area contributed by atoms with E-state index in [1.54, 1.807) is 46.0 Å². The molecule has 0 aliphatic carbocycles. The molecule has 0 bridgehead atoms. The maximum absolute atomic E-state index is 12.9. The van der Waals surface area contributed by atoms with Crippen LogP contribution < -0.4 is 0 Å². The van der Waals surface area contributed by atoms with Gasteiger partial charge in [0.2, 0.25) is 5.91 Å². The van der Waals surface area contributed by atoms with Gasteiger partial charge in [0.05, 0.1) is 15.5 Å². The monoisotopic (exact) mass is 454 g/mol. The van der Waals surface area contributed by atoms with Gasteiger partial charge in [-0.2, -0.15) is 0 Å². The van der Waals surface area contributed by atoms with Gasteiger partial charge < -0.3 is 9.47 Å². The van der Waals surface area contributed by atoms with Gasteiger partial charge in [0.15, 0.2) is 0 Å². The number of benzene rings is 1. The van der Waals surface area contributed by atoms with E-state index in [4.69, 9.17) is 0 Å². The second-order valence-corrected chi connectivity index (χ2v) is 8.90. The Morgan fingerprint density at radius 3 is 2.69 bits per heavy atom. The van der Waals surface area contributed by atoms with Gasteiger partial charge in [-0.05, 0) is 54.8 Å². The number of non-ortho nitro benzene ring substituents is 1. The standard InChI is InChI=1S/C22H22N4O5S/c1-15-7-10-23(11-8-15)20(27)14-25-21(28)19(32-22(25)29)13-17-6-3-9-24(17)16-4-2-5-18(12-16)26(30)31/h2-6,9,12-13,15H,7-8,10-11,14H2,1H3/b19-13-. The minimum absolute atomic E-state index is 0.0481. The second kappa shape index (κ2) is 8.99. The van der Waals surface area contributed by atoms with Crippen LogP contribution in [0.5, 0.6) is 0 Å². The summed E-state index contributed by atoms with van der Waals surface area (Å²) < 4.78 is 1.70. The van der Waals surface area contributed by atoms with E-state index < -0.39 is 16.1 Å². The summed E-state index contributed by atoms with van der Waals surface area (Å²) in [6.45, 7) is 3.17. The molecule has 2 fully saturated rings. The lowest BCUT2D eigenvalue weighted by Gasteiger charge is -2.31. The molecule has 2 aromatic rings. The van der Waals surface area contributed by atoms with Gasteiger partial charge in [-0.25, -0.2) is 0 Å². The van der Waals surface area contributed by atoms with E-state index in [9.17, 15) is 24.5 Å². The van der Waals surface area contributed by atoms with Crippen LogP contribution in [-0.2, 0) is 9.59 Å². The third kappa shape index (κ3) is 4.45. The maximum atomic E-state index is 12.9. The molecule has 2 aliphatic heterocycles. The number of hydrogen-bond acceptors (Lipinski definition) is 6. The molecule has 0 N–H and O–H groups in total. The van der Waals surface area contributed by atoms with E-state index in [1.807, 2.05) is 0 Å². The molecule has 4 rings (SSSR count). The third-order valence-corrected chi connectivity index (χ3v) is 6.59. The van der Waals surface area contributed by atoms with Crippen molar-refractivity contribution in [2.75, 3.05) is 19.6 Å². The van der Waals surface area contributed by atoms with Crippen LogP contribution in [0.2, 0.25) is 0 Å². The topological polar surface area (TPSA) is 106 Å². The summed E-state index contributed by atoms with van der Waals surface area (Å²) in [5.41, 5.74) is 1.10. The van der Waals surface area contributed by atoms with E-state index in [1.165, 1.54) is 12.1 Å². The normalized spacial score (nSPS) is 18.6. The van der Waals surface area contributed by atoms with Crippen LogP contribution in [0.3, 0.4) is 0 Å². The van der Waals surface area contributed by atoms with Crippen LogP contribution in [0.4, 0.5) is 10.5 Å². The zero-order valence-electron chi connectivity index (χ0n) is 17.5. The molecule has 32 heavy (non-hydrogen) atoms. The first kappa shape index (κ1) is 21.8. The third-order valence-electron chi connectivity index (χ3n) is 5.68. The van der Waals surface area contributed by atoms with Crippen molar-refractivity contribution in [2.24, 2.45) is 5.92 Å². The van der Waals surface area contributed by atoms with Crippen molar-refractivity contribution in [1.29, 1.82) is 0 Å². The largest absolute Gasteiger partial charge is 0.341 e. The quantitative estimate of drug-likeness (QED) is 0.388. The van der Waals surface area contributed by atoms with Gasteiger partial charge in [0, 0.05) is 37.1 Å². The number of nitrogens with zero attached hydrogens (tertiary/aromatic N) is 4. The maximum Gasteiger partial charge on any atom is 0.294 e. The van der Waals surface area contributed by atoms with E-state index in [0.29, 0.717) is 30.4 Å². The highest BCUT2D eigenvalue weighted by Gasteiger charge is 2.37. The van der Waals surface area contributed by atoms with Gasteiger partial charge in [0.25, 0.3) is 16.8 Å². The molecule has 0 atom stereocenters. The molecular weight excluding hydrogens is 432 g/mol. The number of nitro benzene ring substituents is 1. The van der Waals surface area contributed by atoms with E-state index in [2.05, 4.69) is 6.92 Å². The molecule has 9 nitrogen and oxygen atoms in total. The summed E-state index contributed by atoms with van der Waals surface area (Å²) in [5, 5.41) is 10.6. The molecule has 2 saturated heterocycles. The van der Waals surface area contributed by atoms with Crippen molar-refractivity contribution in [3.63, 3.8) is 0 Å². The van der Waals surface area contributed by atoms with Crippen LogP contribution in [-0.4, -0.2) is 56.0 Å². The second-order valence-electron chi connectivity index (χ2n) is 7.91. The van der Waals surface area contributed by atoms with Crippen molar-refractivity contribution in [3.8, 4) is 5.69 Å². The highest BCUT2D eigenvalue weighted by atomic mass is 32.2. The SMILES string of the molecule is CC1CCN(C(=O)CN2C(=O)S/C(=C\c3cccn3-c3cccc([N+](=O)[O-])c3)C2=O)CC1. The summed E-state index contributed by atoms with van der Waals surface area (Å²) in [7, 11) is 0. The lowest BCUT2D eigenvalue weighted by molar-refractivity contribution is -0.384. The Morgan fingerprint density at radius 2 is 1.97 bits per heavy atom. The molecule has 1 aromatic heterocycles. The molecule has 3 amide bonds. The first-order chi connectivity index (χ1) is 15.3. The molecule has 1 aromatic carbocycles. The number of aromatic nitrogens is 1. The molecule has 0 unspecified atom stereocenters. The lowest BCUT2D eigenvalue weighted by Crippen LogP contribution is -2.45. The molecule has 3 heterocycles. The van der Waals surface area contributed by atoms with Gasteiger partial charge in [0.1, 0.15) is 6.54 Å². The summed E-state index contributed by atoms with van der Waals surface area (Å²) in [4.78, 5) is 51.4. The minimum atomic E-state index is -0.509. The van der Waals surface area contributed by atoms with E-state index in [-0.39, 0.29) is 23.0 Å². The molecule has 166 valence electrons. The number of nitro groups is 1. The summed E-state index contributed by atoms with van der Waals surface area (Å²) >= 11 is 0.787. The highest BCUT2D eigenvalue weighted by Crippen LogP contribution is 2.33. The molecule has 10 heteroatoms. The number of likely N-dealkylation sites (tertiary alicyclic amines) is 1. The summed E-state index contributed by atoms with van der Waals surface area (Å²) in [6.07, 6.45) is 5.12. The smallest absolute Gasteiger partial charge is 0.294 e. The Balaban J connectivity index is 1.52. The summed E-state index contributed by atoms with van der Waals surface area (Å²) in [6, 6.07) is 9.62. The first-order valence-corrected chi connectivity index (χ1v) is 11.1. The van der Waals surface area contributed by atoms with E-state index >= 15 is 0 Å². The average molecular weight is 455 g/mol.